The molecule has 1 unspecified atom stereocenters. The molecule has 0 spiro atoms. The molecule has 0 amide bonds. The van der Waals surface area contributed by atoms with Gasteiger partial charge in [-0.25, -0.2) is 5.31 Å². The summed E-state index contributed by atoms with van der Waals surface area (Å²) in [6.45, 7) is 13.2. The molecule has 0 radical (unpaired) electrons. The maximum Gasteiger partial charge on any atom is -0.0172 e. The maximum absolute atomic E-state index is 3.76. The van der Waals surface area contributed by atoms with Gasteiger partial charge in [0.25, 0.3) is 0 Å². The SMILES string of the molecule is C=C/C([PH-])=C\C=C1/CCC(C)(C)CC1C(C)C. The van der Waals surface area contributed by atoms with Gasteiger partial charge < -0.3 is 9.24 Å². The van der Waals surface area contributed by atoms with Crippen molar-refractivity contribution in [1.29, 1.82) is 0 Å². The van der Waals surface area contributed by atoms with Crippen LogP contribution in [-0.2, 0) is 0 Å². The molecule has 0 aromatic rings. The minimum Gasteiger partial charge on any atom is -0.525 e. The number of hydrogen-bond donors (Lipinski definition) is 0. The average molecular weight is 249 g/mol. The molecule has 1 aliphatic rings. The van der Waals surface area contributed by atoms with E-state index in [1.54, 1.807) is 5.57 Å². The molecular weight excluding hydrogens is 223 g/mol. The van der Waals surface area contributed by atoms with E-state index in [9.17, 15) is 0 Å². The highest BCUT2D eigenvalue weighted by Crippen LogP contribution is 2.44. The fraction of sp³-hybridized carbons (Fsp3) is 0.625. The Morgan fingerprint density at radius 2 is 2.12 bits per heavy atom. The van der Waals surface area contributed by atoms with Crippen LogP contribution < -0.4 is 0 Å². The van der Waals surface area contributed by atoms with Crippen LogP contribution in [0.5, 0.6) is 0 Å². The molecule has 0 heterocycles. The zero-order valence-electron chi connectivity index (χ0n) is 11.7. The zero-order valence-corrected chi connectivity index (χ0v) is 12.7. The van der Waals surface area contributed by atoms with E-state index in [1.807, 2.05) is 6.08 Å². The molecule has 1 rings (SSSR count). The summed E-state index contributed by atoms with van der Waals surface area (Å²) in [5.74, 6) is 1.47. The van der Waals surface area contributed by atoms with Crippen molar-refractivity contribution in [2.45, 2.75) is 47.0 Å². The molecular formula is C16H26P-. The highest BCUT2D eigenvalue weighted by Gasteiger charge is 2.32. The molecule has 0 aliphatic heterocycles. The van der Waals surface area contributed by atoms with Crippen molar-refractivity contribution < 1.29 is 0 Å². The summed E-state index contributed by atoms with van der Waals surface area (Å²) in [6.07, 6.45) is 10.1. The fourth-order valence-electron chi connectivity index (χ4n) is 2.63. The Balaban J connectivity index is 2.88. The van der Waals surface area contributed by atoms with Crippen LogP contribution in [0.3, 0.4) is 0 Å². The largest absolute Gasteiger partial charge is 0.525 e. The van der Waals surface area contributed by atoms with Gasteiger partial charge in [0.05, 0.1) is 0 Å². The Morgan fingerprint density at radius 3 is 2.65 bits per heavy atom. The Kier molecular flexibility index (Phi) is 5.20. The van der Waals surface area contributed by atoms with Crippen molar-refractivity contribution in [3.8, 4) is 0 Å². The van der Waals surface area contributed by atoms with Crippen molar-refractivity contribution in [2.24, 2.45) is 17.3 Å². The van der Waals surface area contributed by atoms with Gasteiger partial charge >= 0.3 is 0 Å². The molecule has 1 aliphatic carbocycles. The van der Waals surface area contributed by atoms with Crippen LogP contribution in [0.2, 0.25) is 0 Å². The lowest BCUT2D eigenvalue weighted by atomic mass is 9.66. The molecule has 17 heavy (non-hydrogen) atoms. The summed E-state index contributed by atoms with van der Waals surface area (Å²) < 4.78 is 0. The Hall–Kier alpha value is -0.350. The molecule has 0 nitrogen and oxygen atoms in total. The van der Waals surface area contributed by atoms with Gasteiger partial charge in [-0.15, -0.1) is 6.58 Å². The predicted octanol–water partition coefficient (Wildman–Crippen LogP) is 5.61. The zero-order chi connectivity index (χ0) is 13.1. The summed E-state index contributed by atoms with van der Waals surface area (Å²) in [4.78, 5) is 0. The van der Waals surface area contributed by atoms with Gasteiger partial charge in [0, 0.05) is 0 Å². The lowest BCUT2D eigenvalue weighted by molar-refractivity contribution is 0.194. The third-order valence-corrected chi connectivity index (χ3v) is 4.21. The predicted molar refractivity (Wildman–Crippen MR) is 80.6 cm³/mol. The van der Waals surface area contributed by atoms with Crippen molar-refractivity contribution in [3.05, 3.63) is 35.7 Å². The number of rotatable bonds is 3. The van der Waals surface area contributed by atoms with Crippen molar-refractivity contribution in [1.82, 2.24) is 0 Å². The average Bonchev–Trinajstić information content (AvgIpc) is 2.26. The van der Waals surface area contributed by atoms with E-state index in [1.165, 1.54) is 19.3 Å². The van der Waals surface area contributed by atoms with Gasteiger partial charge in [-0.05, 0) is 36.5 Å². The second-order valence-corrected chi connectivity index (χ2v) is 6.86. The van der Waals surface area contributed by atoms with Crippen LogP contribution in [-0.4, -0.2) is 0 Å². The molecule has 1 heteroatoms. The van der Waals surface area contributed by atoms with E-state index >= 15 is 0 Å². The van der Waals surface area contributed by atoms with Gasteiger partial charge in [-0.3, -0.25) is 0 Å². The first-order valence-electron chi connectivity index (χ1n) is 6.60. The van der Waals surface area contributed by atoms with Gasteiger partial charge in [0.1, 0.15) is 0 Å². The molecule has 0 N–H and O–H groups in total. The number of hydrogen-bond acceptors (Lipinski definition) is 0. The first-order valence-corrected chi connectivity index (χ1v) is 7.10. The van der Waals surface area contributed by atoms with E-state index in [0.29, 0.717) is 5.41 Å². The lowest BCUT2D eigenvalue weighted by Crippen LogP contribution is -2.27. The van der Waals surface area contributed by atoms with Gasteiger partial charge in [0.15, 0.2) is 0 Å². The van der Waals surface area contributed by atoms with Gasteiger partial charge in [-0.1, -0.05) is 51.5 Å². The second kappa shape index (κ2) is 6.01. The summed E-state index contributed by atoms with van der Waals surface area (Å²) in [5, 5.41) is 1.06. The minimum absolute atomic E-state index is 0.505. The molecule has 96 valence electrons. The monoisotopic (exact) mass is 249 g/mol. The Bertz CT molecular complexity index is 331. The topological polar surface area (TPSA) is 0 Å². The Morgan fingerprint density at radius 1 is 1.47 bits per heavy atom. The minimum atomic E-state index is 0.505. The van der Waals surface area contributed by atoms with Gasteiger partial charge in [0.2, 0.25) is 0 Å². The second-order valence-electron chi connectivity index (χ2n) is 6.29. The first-order chi connectivity index (χ1) is 7.85. The van der Waals surface area contributed by atoms with E-state index in [4.69, 9.17) is 0 Å². The molecule has 1 atom stereocenters. The third-order valence-electron chi connectivity index (χ3n) is 3.84. The molecule has 1 saturated carbocycles. The Labute approximate surface area is 109 Å². The van der Waals surface area contributed by atoms with E-state index in [0.717, 1.165) is 17.2 Å². The highest BCUT2D eigenvalue weighted by atomic mass is 31.0. The van der Waals surface area contributed by atoms with Crippen LogP contribution in [0, 0.1) is 17.3 Å². The normalized spacial score (nSPS) is 27.5. The molecule has 0 saturated heterocycles. The standard InChI is InChI=1S/C16H26P/c1-6-14(17)8-7-13-9-10-16(4,5)11-15(13)12(2)3/h6-8,12,15,17H,1,9-11H2,2-5H3/q-1/b13-7+,14-8+. The van der Waals surface area contributed by atoms with E-state index in [-0.39, 0.29) is 0 Å². The lowest BCUT2D eigenvalue weighted by Gasteiger charge is -2.39. The van der Waals surface area contributed by atoms with Crippen molar-refractivity contribution in [2.75, 3.05) is 0 Å². The van der Waals surface area contributed by atoms with Crippen molar-refractivity contribution >= 4 is 9.24 Å². The summed E-state index contributed by atoms with van der Waals surface area (Å²) in [7, 11) is 3.53. The molecule has 0 aromatic carbocycles. The first kappa shape index (κ1) is 14.7. The van der Waals surface area contributed by atoms with Crippen LogP contribution in [0.25, 0.3) is 0 Å². The van der Waals surface area contributed by atoms with E-state index < -0.39 is 0 Å². The van der Waals surface area contributed by atoms with Crippen molar-refractivity contribution in [3.63, 3.8) is 0 Å². The number of allylic oxidation sites excluding steroid dienone is 5. The summed E-state index contributed by atoms with van der Waals surface area (Å²) in [5.41, 5.74) is 2.11. The van der Waals surface area contributed by atoms with Crippen LogP contribution in [0.15, 0.2) is 35.7 Å². The van der Waals surface area contributed by atoms with E-state index in [2.05, 4.69) is 55.7 Å². The van der Waals surface area contributed by atoms with Crippen LogP contribution >= 0.6 is 9.24 Å². The highest BCUT2D eigenvalue weighted by molar-refractivity contribution is 7.22. The molecule has 0 aromatic heterocycles. The molecule has 1 fully saturated rings. The summed E-state index contributed by atoms with van der Waals surface area (Å²) in [6, 6.07) is 0. The third kappa shape index (κ3) is 4.43. The molecule has 0 bridgehead atoms. The maximum atomic E-state index is 3.76. The summed E-state index contributed by atoms with van der Waals surface area (Å²) >= 11 is 0. The van der Waals surface area contributed by atoms with Crippen LogP contribution in [0.4, 0.5) is 0 Å². The quantitative estimate of drug-likeness (QED) is 0.450. The fourth-order valence-corrected chi connectivity index (χ4v) is 2.72. The van der Waals surface area contributed by atoms with Crippen LogP contribution in [0.1, 0.15) is 47.0 Å². The smallest absolute Gasteiger partial charge is 0.0172 e. The van der Waals surface area contributed by atoms with Gasteiger partial charge in [-0.2, -0.15) is 0 Å².